The molecule has 0 saturated heterocycles. The molecule has 0 spiro atoms. The highest BCUT2D eigenvalue weighted by Crippen LogP contribution is 2.15. The molecule has 2 atom stereocenters. The predicted octanol–water partition coefficient (Wildman–Crippen LogP) is 1.70. The number of amides is 1. The van der Waals surface area contributed by atoms with Crippen LogP contribution in [0.4, 0.5) is 4.79 Å². The number of hydrogen-bond acceptors (Lipinski definition) is 6. The lowest BCUT2D eigenvalue weighted by molar-refractivity contribution is -0.306. The Labute approximate surface area is 144 Å². The van der Waals surface area contributed by atoms with E-state index in [0.717, 1.165) is 0 Å². The van der Waals surface area contributed by atoms with Gasteiger partial charge in [0.25, 0.3) is 6.29 Å². The zero-order valence-electron chi connectivity index (χ0n) is 15.5. The van der Waals surface area contributed by atoms with Crippen LogP contribution in [0.15, 0.2) is 0 Å². The number of ether oxygens (including phenoxy) is 2. The van der Waals surface area contributed by atoms with E-state index in [-0.39, 0.29) is 30.7 Å². The number of carboxylic acid groups (broad SMARTS) is 1. The van der Waals surface area contributed by atoms with Crippen LogP contribution < -0.4 is 10.4 Å². The van der Waals surface area contributed by atoms with Gasteiger partial charge in [-0.15, -0.1) is 0 Å². The molecule has 0 aliphatic rings. The van der Waals surface area contributed by atoms with Crippen molar-refractivity contribution in [2.24, 2.45) is 23.7 Å². The maximum Gasteiger partial charge on any atom is 0.410 e. The van der Waals surface area contributed by atoms with Crippen molar-refractivity contribution in [2.45, 2.75) is 60.7 Å². The standard InChI is InChI=1S/C17H31NO6/c1-10(2)7-13(8-14(19)20)9-18-17(22)24-16(12(5)6)23-15(21)11(3)4/h10-13,16H,7-9H2,1-6H3,(H,18,22)(H,19,20)/p-1/t13-,16-/m0/s1. The first-order chi connectivity index (χ1) is 11.0. The molecular weight excluding hydrogens is 314 g/mol. The molecule has 0 aromatic carbocycles. The van der Waals surface area contributed by atoms with Crippen molar-refractivity contribution in [3.8, 4) is 0 Å². The number of carboxylic acids is 1. The van der Waals surface area contributed by atoms with E-state index in [1.165, 1.54) is 0 Å². The quantitative estimate of drug-likeness (QED) is 0.478. The van der Waals surface area contributed by atoms with Gasteiger partial charge in [0.2, 0.25) is 0 Å². The average Bonchev–Trinajstić information content (AvgIpc) is 2.42. The van der Waals surface area contributed by atoms with Crippen LogP contribution in [-0.2, 0) is 19.1 Å². The molecule has 0 heterocycles. The zero-order valence-corrected chi connectivity index (χ0v) is 15.5. The Morgan fingerprint density at radius 1 is 1.00 bits per heavy atom. The minimum atomic E-state index is -1.15. The van der Waals surface area contributed by atoms with Crippen LogP contribution in [0.2, 0.25) is 0 Å². The van der Waals surface area contributed by atoms with E-state index in [1.807, 2.05) is 13.8 Å². The highest BCUT2D eigenvalue weighted by Gasteiger charge is 2.24. The highest BCUT2D eigenvalue weighted by atomic mass is 16.7. The Hall–Kier alpha value is -1.79. The number of alkyl carbamates (subject to hydrolysis) is 1. The summed E-state index contributed by atoms with van der Waals surface area (Å²) in [6.45, 7) is 11.0. The lowest BCUT2D eigenvalue weighted by Crippen LogP contribution is -2.38. The van der Waals surface area contributed by atoms with Gasteiger partial charge in [-0.25, -0.2) is 4.79 Å². The highest BCUT2D eigenvalue weighted by molar-refractivity contribution is 5.72. The van der Waals surface area contributed by atoms with Crippen molar-refractivity contribution < 1.29 is 29.0 Å². The van der Waals surface area contributed by atoms with E-state index in [1.54, 1.807) is 27.7 Å². The molecule has 0 rings (SSSR count). The Morgan fingerprint density at radius 3 is 2.00 bits per heavy atom. The molecule has 1 amide bonds. The van der Waals surface area contributed by atoms with Gasteiger partial charge in [0.05, 0.1) is 5.92 Å². The van der Waals surface area contributed by atoms with Crippen LogP contribution in [0.25, 0.3) is 0 Å². The molecule has 140 valence electrons. The number of aliphatic carboxylic acids is 1. The van der Waals surface area contributed by atoms with E-state index < -0.39 is 24.3 Å². The number of nitrogens with one attached hydrogen (secondary N) is 1. The SMILES string of the molecule is CC(C)C[C@H](CNC(=O)O[C@H](OC(=O)C(C)C)C(C)C)CC(=O)[O-]. The summed E-state index contributed by atoms with van der Waals surface area (Å²) in [5.74, 6) is -2.07. The molecule has 24 heavy (non-hydrogen) atoms. The van der Waals surface area contributed by atoms with Gasteiger partial charge in [-0.05, 0) is 24.7 Å². The summed E-state index contributed by atoms with van der Waals surface area (Å²) in [7, 11) is 0. The molecular formula is C17H30NO6-. The summed E-state index contributed by atoms with van der Waals surface area (Å²) >= 11 is 0. The Morgan fingerprint density at radius 2 is 1.58 bits per heavy atom. The summed E-state index contributed by atoms with van der Waals surface area (Å²) in [5, 5.41) is 13.3. The normalized spacial score (nSPS) is 13.7. The monoisotopic (exact) mass is 344 g/mol. The van der Waals surface area contributed by atoms with Gasteiger partial charge in [0, 0.05) is 18.4 Å². The molecule has 0 radical (unpaired) electrons. The fraction of sp³-hybridized carbons (Fsp3) is 0.824. The third-order valence-corrected chi connectivity index (χ3v) is 3.27. The third-order valence-electron chi connectivity index (χ3n) is 3.27. The van der Waals surface area contributed by atoms with E-state index in [9.17, 15) is 19.5 Å². The molecule has 0 aromatic heterocycles. The van der Waals surface area contributed by atoms with Gasteiger partial charge in [0.15, 0.2) is 0 Å². The molecule has 7 heteroatoms. The molecule has 0 aliphatic heterocycles. The van der Waals surface area contributed by atoms with Crippen LogP contribution in [0.1, 0.15) is 54.4 Å². The summed E-state index contributed by atoms with van der Waals surface area (Å²) < 4.78 is 10.3. The Kier molecular flexibility index (Phi) is 10.1. The maximum atomic E-state index is 11.9. The van der Waals surface area contributed by atoms with E-state index in [2.05, 4.69) is 5.32 Å². The van der Waals surface area contributed by atoms with Crippen molar-refractivity contribution >= 4 is 18.0 Å². The van der Waals surface area contributed by atoms with Gasteiger partial charge in [-0.1, -0.05) is 41.5 Å². The molecule has 0 aromatic rings. The number of hydrogen-bond donors (Lipinski definition) is 1. The Balaban J connectivity index is 4.54. The van der Waals surface area contributed by atoms with Crippen molar-refractivity contribution in [1.29, 1.82) is 0 Å². The van der Waals surface area contributed by atoms with Gasteiger partial charge in [-0.2, -0.15) is 0 Å². The largest absolute Gasteiger partial charge is 0.550 e. The lowest BCUT2D eigenvalue weighted by Gasteiger charge is -2.24. The molecule has 0 unspecified atom stereocenters. The molecule has 0 saturated carbocycles. The topological polar surface area (TPSA) is 105 Å². The summed E-state index contributed by atoms with van der Waals surface area (Å²) in [6.07, 6.45) is -1.21. The summed E-state index contributed by atoms with van der Waals surface area (Å²) in [5.41, 5.74) is 0. The maximum absolute atomic E-state index is 11.9. The van der Waals surface area contributed by atoms with Gasteiger partial charge in [-0.3, -0.25) is 4.79 Å². The van der Waals surface area contributed by atoms with Crippen molar-refractivity contribution in [1.82, 2.24) is 5.32 Å². The fourth-order valence-corrected chi connectivity index (χ4v) is 2.06. The third kappa shape index (κ3) is 10.1. The second kappa shape index (κ2) is 10.9. The fourth-order valence-electron chi connectivity index (χ4n) is 2.06. The minimum absolute atomic E-state index is 0.131. The van der Waals surface area contributed by atoms with Gasteiger partial charge < -0.3 is 24.7 Å². The van der Waals surface area contributed by atoms with E-state index in [0.29, 0.717) is 12.3 Å². The number of carbonyl (C=O) groups excluding carboxylic acids is 3. The molecule has 1 N–H and O–H groups in total. The number of rotatable bonds is 10. The van der Waals surface area contributed by atoms with E-state index in [4.69, 9.17) is 9.47 Å². The van der Waals surface area contributed by atoms with Crippen molar-refractivity contribution in [2.75, 3.05) is 6.54 Å². The molecule has 0 aliphatic carbocycles. The van der Waals surface area contributed by atoms with Crippen LogP contribution in [0.3, 0.4) is 0 Å². The first-order valence-corrected chi connectivity index (χ1v) is 8.37. The van der Waals surface area contributed by atoms with Crippen LogP contribution in [0.5, 0.6) is 0 Å². The first-order valence-electron chi connectivity index (χ1n) is 8.37. The van der Waals surface area contributed by atoms with Crippen molar-refractivity contribution in [3.05, 3.63) is 0 Å². The Bertz CT molecular complexity index is 419. The molecule has 0 fully saturated rings. The van der Waals surface area contributed by atoms with Gasteiger partial charge >= 0.3 is 12.1 Å². The summed E-state index contributed by atoms with van der Waals surface area (Å²) in [6, 6.07) is 0. The lowest BCUT2D eigenvalue weighted by atomic mass is 9.94. The second-order valence-corrected chi connectivity index (χ2v) is 7.06. The zero-order chi connectivity index (χ0) is 18.9. The number of carbonyl (C=O) groups is 3. The van der Waals surface area contributed by atoms with Crippen LogP contribution in [-0.4, -0.2) is 30.9 Å². The number of esters is 1. The predicted molar refractivity (Wildman–Crippen MR) is 86.6 cm³/mol. The first kappa shape index (κ1) is 22.2. The van der Waals surface area contributed by atoms with Crippen LogP contribution in [0, 0.1) is 23.7 Å². The van der Waals surface area contributed by atoms with Crippen molar-refractivity contribution in [3.63, 3.8) is 0 Å². The van der Waals surface area contributed by atoms with Gasteiger partial charge in [0.1, 0.15) is 0 Å². The van der Waals surface area contributed by atoms with Crippen LogP contribution >= 0.6 is 0 Å². The average molecular weight is 344 g/mol. The smallest absolute Gasteiger partial charge is 0.410 e. The molecule has 0 bridgehead atoms. The minimum Gasteiger partial charge on any atom is -0.550 e. The molecule has 7 nitrogen and oxygen atoms in total. The van der Waals surface area contributed by atoms with E-state index >= 15 is 0 Å². The summed E-state index contributed by atoms with van der Waals surface area (Å²) in [4.78, 5) is 34.3. The second-order valence-electron chi connectivity index (χ2n) is 7.06.